The number of benzene rings is 2. The summed E-state index contributed by atoms with van der Waals surface area (Å²) in [5.74, 6) is -0.205. The van der Waals surface area contributed by atoms with E-state index >= 15 is 0 Å². The zero-order valence-electron chi connectivity index (χ0n) is 18.6. The minimum Gasteiger partial charge on any atom is -0.494 e. The molecule has 0 spiro atoms. The Morgan fingerprint density at radius 1 is 0.939 bits per heavy atom. The van der Waals surface area contributed by atoms with Gasteiger partial charge in [-0.15, -0.1) is 0 Å². The molecule has 2 aromatic carbocycles. The van der Waals surface area contributed by atoms with Crippen molar-refractivity contribution in [2.75, 3.05) is 0 Å². The lowest BCUT2D eigenvalue weighted by Gasteiger charge is -2.13. The van der Waals surface area contributed by atoms with Gasteiger partial charge in [-0.05, 0) is 28.8 Å². The lowest BCUT2D eigenvalue weighted by atomic mass is 10.1. The Hall–Kier alpha value is -4.14. The summed E-state index contributed by atoms with van der Waals surface area (Å²) in [5, 5.41) is 13.2. The highest BCUT2D eigenvalue weighted by atomic mass is 16.3. The minimum absolute atomic E-state index is 0.0525. The van der Waals surface area contributed by atoms with Crippen molar-refractivity contribution in [1.82, 2.24) is 23.1 Å². The first-order valence-electron chi connectivity index (χ1n) is 10.7. The van der Waals surface area contributed by atoms with E-state index in [1.807, 2.05) is 49.4 Å². The van der Waals surface area contributed by atoms with Crippen molar-refractivity contribution in [1.29, 1.82) is 0 Å². The number of fused-ring (bicyclic) bond motifs is 4. The van der Waals surface area contributed by atoms with Gasteiger partial charge in [0.2, 0.25) is 11.7 Å². The monoisotopic (exact) mass is 445 g/mol. The van der Waals surface area contributed by atoms with Gasteiger partial charge in [-0.25, -0.2) is 9.20 Å². The topological polar surface area (TPSA) is 104 Å². The molecule has 3 heterocycles. The molecule has 0 aliphatic carbocycles. The van der Waals surface area contributed by atoms with Crippen molar-refractivity contribution in [3.05, 3.63) is 84.8 Å². The predicted octanol–water partition coefficient (Wildman–Crippen LogP) is 1.91. The van der Waals surface area contributed by atoms with Crippen LogP contribution in [0.2, 0.25) is 0 Å². The molecule has 0 aliphatic heterocycles. The summed E-state index contributed by atoms with van der Waals surface area (Å²) in [5.41, 5.74) is -0.245. The van der Waals surface area contributed by atoms with Gasteiger partial charge in [0, 0.05) is 14.1 Å². The normalized spacial score (nSPS) is 11.7. The van der Waals surface area contributed by atoms with Gasteiger partial charge in [0.05, 0.1) is 12.1 Å². The molecular weight excluding hydrogens is 422 g/mol. The average Bonchev–Trinajstić information content (AvgIpc) is 3.22. The van der Waals surface area contributed by atoms with Crippen molar-refractivity contribution in [3.8, 4) is 5.88 Å². The summed E-state index contributed by atoms with van der Waals surface area (Å²) in [6, 6.07) is 13.9. The van der Waals surface area contributed by atoms with E-state index in [4.69, 9.17) is 0 Å². The lowest BCUT2D eigenvalue weighted by Crippen LogP contribution is -2.37. The number of rotatable bonds is 4. The maximum atomic E-state index is 13.4. The highest BCUT2D eigenvalue weighted by molar-refractivity contribution is 5.83. The van der Waals surface area contributed by atoms with Crippen molar-refractivity contribution in [3.63, 3.8) is 0 Å². The van der Waals surface area contributed by atoms with Gasteiger partial charge < -0.3 is 5.11 Å². The summed E-state index contributed by atoms with van der Waals surface area (Å²) < 4.78 is 4.96. The highest BCUT2D eigenvalue weighted by Gasteiger charge is 2.24. The quantitative estimate of drug-likeness (QED) is 0.455. The maximum Gasteiger partial charge on any atom is 0.332 e. The predicted molar refractivity (Wildman–Crippen MR) is 126 cm³/mol. The number of imidazole rings is 1. The molecule has 1 N–H and O–H groups in total. The molecule has 0 bridgehead atoms. The molecule has 0 saturated carbocycles. The summed E-state index contributed by atoms with van der Waals surface area (Å²) in [4.78, 5) is 43.4. The maximum absolute atomic E-state index is 13.4. The second-order valence-electron chi connectivity index (χ2n) is 8.25. The molecule has 3 aromatic heterocycles. The third kappa shape index (κ3) is 3.00. The van der Waals surface area contributed by atoms with Crippen LogP contribution in [0.3, 0.4) is 0 Å². The number of hydrogen-bond acceptors (Lipinski definition) is 5. The molecule has 9 heteroatoms. The number of aryl methyl sites for hydroxylation is 1. The first-order valence-corrected chi connectivity index (χ1v) is 10.7. The number of aromatic nitrogens is 5. The molecule has 33 heavy (non-hydrogen) atoms. The van der Waals surface area contributed by atoms with Gasteiger partial charge in [-0.2, -0.15) is 4.98 Å². The molecule has 0 aliphatic rings. The van der Waals surface area contributed by atoms with Crippen molar-refractivity contribution < 1.29 is 5.11 Å². The Labute approximate surface area is 187 Å². The van der Waals surface area contributed by atoms with Crippen LogP contribution in [0.15, 0.2) is 56.8 Å². The van der Waals surface area contributed by atoms with E-state index in [9.17, 15) is 19.5 Å². The van der Waals surface area contributed by atoms with E-state index in [0.717, 1.165) is 20.9 Å². The van der Waals surface area contributed by atoms with Crippen molar-refractivity contribution in [2.45, 2.75) is 26.3 Å². The fourth-order valence-electron chi connectivity index (χ4n) is 4.38. The van der Waals surface area contributed by atoms with Crippen LogP contribution in [-0.4, -0.2) is 28.2 Å². The smallest absolute Gasteiger partial charge is 0.332 e. The molecule has 168 valence electrons. The average molecular weight is 445 g/mol. The third-order valence-corrected chi connectivity index (χ3v) is 6.12. The Bertz CT molecular complexity index is 1750. The summed E-state index contributed by atoms with van der Waals surface area (Å²) in [6.45, 7) is 2.10. The van der Waals surface area contributed by atoms with Crippen LogP contribution < -0.4 is 16.8 Å². The molecule has 0 fully saturated rings. The second kappa shape index (κ2) is 7.47. The van der Waals surface area contributed by atoms with Crippen LogP contribution >= 0.6 is 0 Å². The van der Waals surface area contributed by atoms with E-state index < -0.39 is 11.2 Å². The van der Waals surface area contributed by atoms with E-state index in [1.165, 1.54) is 27.6 Å². The van der Waals surface area contributed by atoms with Gasteiger partial charge in [0.25, 0.3) is 11.1 Å². The van der Waals surface area contributed by atoms with Crippen LogP contribution in [0, 0.1) is 0 Å². The second-order valence-corrected chi connectivity index (χ2v) is 8.25. The van der Waals surface area contributed by atoms with Crippen molar-refractivity contribution in [2.24, 2.45) is 14.1 Å². The van der Waals surface area contributed by atoms with Gasteiger partial charge in [-0.3, -0.25) is 23.3 Å². The zero-order valence-corrected chi connectivity index (χ0v) is 18.6. The standard InChI is InChI=1S/C24H23N5O4/c1-4-7-17-20(30)28(13-14-10-11-15-8-5-6-9-16(15)12-14)23-25-19-18(29(23)21(17)31)22(32)27(3)24(33)26(19)2/h5-6,8-12,31H,4,7,13H2,1-3H3. The first-order chi connectivity index (χ1) is 15.8. The summed E-state index contributed by atoms with van der Waals surface area (Å²) >= 11 is 0. The molecule has 5 rings (SSSR count). The fourth-order valence-corrected chi connectivity index (χ4v) is 4.38. The number of hydrogen-bond donors (Lipinski definition) is 1. The molecular formula is C24H23N5O4. The van der Waals surface area contributed by atoms with Crippen LogP contribution in [0.5, 0.6) is 5.88 Å². The Morgan fingerprint density at radius 3 is 2.39 bits per heavy atom. The van der Waals surface area contributed by atoms with Crippen LogP contribution in [0.25, 0.3) is 27.7 Å². The van der Waals surface area contributed by atoms with E-state index in [1.54, 1.807) is 0 Å². The number of aromatic hydroxyl groups is 1. The molecule has 9 nitrogen and oxygen atoms in total. The van der Waals surface area contributed by atoms with Crippen molar-refractivity contribution >= 4 is 27.7 Å². The molecule has 0 unspecified atom stereocenters. The Kier molecular flexibility index (Phi) is 4.70. The third-order valence-electron chi connectivity index (χ3n) is 6.12. The van der Waals surface area contributed by atoms with Crippen LogP contribution in [-0.2, 0) is 27.1 Å². The van der Waals surface area contributed by atoms with Gasteiger partial charge in [0.15, 0.2) is 11.2 Å². The summed E-state index contributed by atoms with van der Waals surface area (Å²) in [7, 11) is 2.88. The van der Waals surface area contributed by atoms with Gasteiger partial charge in [0.1, 0.15) is 0 Å². The zero-order chi connectivity index (χ0) is 23.4. The molecule has 0 atom stereocenters. The summed E-state index contributed by atoms with van der Waals surface area (Å²) in [6.07, 6.45) is 0.970. The first kappa shape index (κ1) is 20.7. The Morgan fingerprint density at radius 2 is 1.67 bits per heavy atom. The highest BCUT2D eigenvalue weighted by Crippen LogP contribution is 2.23. The molecule has 0 radical (unpaired) electrons. The van der Waals surface area contributed by atoms with Gasteiger partial charge in [-0.1, -0.05) is 49.7 Å². The molecule has 5 aromatic rings. The molecule has 0 saturated heterocycles. The largest absolute Gasteiger partial charge is 0.494 e. The van der Waals surface area contributed by atoms with E-state index in [0.29, 0.717) is 12.8 Å². The van der Waals surface area contributed by atoms with Crippen LogP contribution in [0.4, 0.5) is 0 Å². The molecule has 0 amide bonds. The van der Waals surface area contributed by atoms with E-state index in [-0.39, 0.29) is 40.5 Å². The lowest BCUT2D eigenvalue weighted by molar-refractivity contribution is 0.433. The van der Waals surface area contributed by atoms with Crippen LogP contribution in [0.1, 0.15) is 24.5 Å². The fraction of sp³-hybridized carbons (Fsp3) is 0.250. The Balaban J connectivity index is 1.88. The minimum atomic E-state index is -0.589. The SMILES string of the molecule is CCCc1c(O)n2c3c(=O)n(C)c(=O)n(C)c3nc2n(Cc2ccc3ccccc3c2)c1=O. The van der Waals surface area contributed by atoms with E-state index in [2.05, 4.69) is 4.98 Å². The number of nitrogens with zero attached hydrogens (tertiary/aromatic N) is 5. The van der Waals surface area contributed by atoms with Gasteiger partial charge >= 0.3 is 5.69 Å².